The number of carbonyl (C=O) groups excluding carboxylic acids is 3. The summed E-state index contributed by atoms with van der Waals surface area (Å²) in [5.74, 6) is -2.14. The van der Waals surface area contributed by atoms with E-state index in [2.05, 4.69) is 10.6 Å². The largest absolute Gasteiger partial charge is 0.326 e. The van der Waals surface area contributed by atoms with Crippen LogP contribution in [-0.4, -0.2) is 21.9 Å². The van der Waals surface area contributed by atoms with Crippen LogP contribution in [0.15, 0.2) is 91.0 Å². The topological polar surface area (TPSA) is 75.3 Å². The summed E-state index contributed by atoms with van der Waals surface area (Å²) < 4.78 is -1.34. The number of anilines is 2. The van der Waals surface area contributed by atoms with Crippen LogP contribution in [0.5, 0.6) is 0 Å². The third-order valence-electron chi connectivity index (χ3n) is 6.73. The molecule has 0 spiro atoms. The quantitative estimate of drug-likeness (QED) is 0.148. The third-order valence-corrected chi connectivity index (χ3v) is 8.43. The Bertz CT molecular complexity index is 1620. The number of Topliss-reactive ketones (excluding diaryl/α,β-unsaturated/α-hetero) is 1. The van der Waals surface area contributed by atoms with Crippen LogP contribution < -0.4 is 10.6 Å². The van der Waals surface area contributed by atoms with Gasteiger partial charge >= 0.3 is 0 Å². The molecular formula is C31H21Cl5N2O3. The van der Waals surface area contributed by atoms with Crippen LogP contribution in [0.4, 0.5) is 11.4 Å². The Hall–Kier alpha value is -3.06. The Kier molecular flexibility index (Phi) is 8.65. The number of hydrogen-bond acceptors (Lipinski definition) is 3. The van der Waals surface area contributed by atoms with Gasteiger partial charge in [-0.2, -0.15) is 0 Å². The number of carbonyl (C=O) groups is 3. The molecule has 41 heavy (non-hydrogen) atoms. The lowest BCUT2D eigenvalue weighted by molar-refractivity contribution is -0.117. The number of halogens is 5. The van der Waals surface area contributed by atoms with E-state index in [1.807, 2.05) is 6.07 Å². The second kappa shape index (κ2) is 12.0. The minimum absolute atomic E-state index is 0.0662. The van der Waals surface area contributed by atoms with Crippen molar-refractivity contribution in [1.82, 2.24) is 0 Å². The Morgan fingerprint density at radius 2 is 1.37 bits per heavy atom. The first-order valence-electron chi connectivity index (χ1n) is 12.5. The van der Waals surface area contributed by atoms with E-state index in [1.165, 1.54) is 6.07 Å². The molecule has 10 heteroatoms. The molecule has 0 aliphatic heterocycles. The van der Waals surface area contributed by atoms with Gasteiger partial charge in [-0.05, 0) is 71.8 Å². The fourth-order valence-corrected chi connectivity index (χ4v) is 6.23. The lowest BCUT2D eigenvalue weighted by Crippen LogP contribution is -2.17. The zero-order valence-corrected chi connectivity index (χ0v) is 24.9. The van der Waals surface area contributed by atoms with Gasteiger partial charge in [0.2, 0.25) is 5.91 Å². The Morgan fingerprint density at radius 3 is 2.02 bits per heavy atom. The standard InChI is InChI=1S/C31H21Cl5N2O3/c32-20-13-19(14-21(33)15-20)27-28(31(27,35)36)30(41)38-23-10-11-25(34)24(16-23)26(39)12-17-6-8-22(9-7-17)37-29(40)18-4-2-1-3-5-18/h1-11,13-16,27-28H,12H2,(H,37,40)(H,38,41). The lowest BCUT2D eigenvalue weighted by atomic mass is 10.0. The number of hydrogen-bond donors (Lipinski definition) is 2. The predicted octanol–water partition coefficient (Wildman–Crippen LogP) is 8.85. The van der Waals surface area contributed by atoms with E-state index in [9.17, 15) is 14.4 Å². The summed E-state index contributed by atoms with van der Waals surface area (Å²) in [7, 11) is 0. The second-order valence-corrected chi connectivity index (χ2v) is 12.4. The fraction of sp³-hybridized carbons (Fsp3) is 0.129. The summed E-state index contributed by atoms with van der Waals surface area (Å²) in [4.78, 5) is 38.6. The van der Waals surface area contributed by atoms with Crippen molar-refractivity contribution in [2.24, 2.45) is 5.92 Å². The maximum absolute atomic E-state index is 13.1. The molecule has 0 bridgehead atoms. The second-order valence-electron chi connectivity index (χ2n) is 9.63. The van der Waals surface area contributed by atoms with Gasteiger partial charge in [0.15, 0.2) is 5.78 Å². The highest BCUT2D eigenvalue weighted by Crippen LogP contribution is 2.65. The van der Waals surface area contributed by atoms with Crippen molar-refractivity contribution in [1.29, 1.82) is 0 Å². The van der Waals surface area contributed by atoms with E-state index in [0.29, 0.717) is 32.5 Å². The van der Waals surface area contributed by atoms with Crippen LogP contribution in [0.3, 0.4) is 0 Å². The number of rotatable bonds is 8. The molecule has 208 valence electrons. The van der Waals surface area contributed by atoms with Gasteiger partial charge in [-0.15, -0.1) is 23.2 Å². The van der Waals surface area contributed by atoms with E-state index in [1.54, 1.807) is 78.9 Å². The van der Waals surface area contributed by atoms with Crippen molar-refractivity contribution in [2.75, 3.05) is 10.6 Å². The molecule has 1 saturated carbocycles. The van der Waals surface area contributed by atoms with Crippen LogP contribution >= 0.6 is 58.0 Å². The molecular weight excluding hydrogens is 626 g/mol. The number of ketones is 1. The van der Waals surface area contributed by atoms with Crippen molar-refractivity contribution in [2.45, 2.75) is 16.7 Å². The van der Waals surface area contributed by atoms with Crippen LogP contribution in [0.2, 0.25) is 15.1 Å². The molecule has 1 aliphatic rings. The maximum atomic E-state index is 13.1. The summed E-state index contributed by atoms with van der Waals surface area (Å²) in [5, 5.41) is 6.69. The molecule has 4 aromatic carbocycles. The molecule has 0 radical (unpaired) electrons. The highest BCUT2D eigenvalue weighted by molar-refractivity contribution is 6.53. The van der Waals surface area contributed by atoms with Gasteiger partial charge in [0, 0.05) is 44.9 Å². The third kappa shape index (κ3) is 6.72. The number of nitrogens with one attached hydrogen (secondary N) is 2. The Labute approximate surface area is 261 Å². The van der Waals surface area contributed by atoms with Crippen molar-refractivity contribution in [3.63, 3.8) is 0 Å². The van der Waals surface area contributed by atoms with E-state index >= 15 is 0 Å². The summed E-state index contributed by atoms with van der Waals surface area (Å²) in [6.07, 6.45) is 0.0662. The van der Waals surface area contributed by atoms with Crippen LogP contribution in [0.25, 0.3) is 0 Å². The summed E-state index contributed by atoms with van der Waals surface area (Å²) in [5.41, 5.74) is 3.16. The summed E-state index contributed by atoms with van der Waals surface area (Å²) >= 11 is 31.5. The van der Waals surface area contributed by atoms with Crippen molar-refractivity contribution < 1.29 is 14.4 Å². The normalized spacial score (nSPS) is 17.0. The highest BCUT2D eigenvalue weighted by atomic mass is 35.5. The van der Waals surface area contributed by atoms with Crippen molar-refractivity contribution >= 4 is 87.0 Å². The fourth-order valence-electron chi connectivity index (χ4n) is 4.64. The molecule has 2 atom stereocenters. The minimum atomic E-state index is -1.34. The molecule has 0 heterocycles. The molecule has 1 aliphatic carbocycles. The van der Waals surface area contributed by atoms with Gasteiger partial charge in [-0.3, -0.25) is 14.4 Å². The Morgan fingerprint density at radius 1 is 0.732 bits per heavy atom. The molecule has 1 fully saturated rings. The first kappa shape index (κ1) is 29.4. The van der Waals surface area contributed by atoms with E-state index in [-0.39, 0.29) is 28.7 Å². The molecule has 5 nitrogen and oxygen atoms in total. The van der Waals surface area contributed by atoms with Crippen LogP contribution in [0, 0.1) is 5.92 Å². The van der Waals surface area contributed by atoms with Gasteiger partial charge in [0.05, 0.1) is 10.9 Å². The average Bonchev–Trinajstić information content (AvgIpc) is 3.52. The maximum Gasteiger partial charge on any atom is 0.255 e. The minimum Gasteiger partial charge on any atom is -0.326 e. The predicted molar refractivity (Wildman–Crippen MR) is 166 cm³/mol. The molecule has 0 aromatic heterocycles. The number of alkyl halides is 2. The number of amides is 2. The van der Waals surface area contributed by atoms with Crippen LogP contribution in [-0.2, 0) is 11.2 Å². The molecule has 5 rings (SSSR count). The van der Waals surface area contributed by atoms with E-state index < -0.39 is 22.1 Å². The summed E-state index contributed by atoms with van der Waals surface area (Å²) in [6.45, 7) is 0. The van der Waals surface area contributed by atoms with Gasteiger partial charge in [0.25, 0.3) is 5.91 Å². The van der Waals surface area contributed by atoms with E-state index in [4.69, 9.17) is 58.0 Å². The van der Waals surface area contributed by atoms with E-state index in [0.717, 1.165) is 5.56 Å². The van der Waals surface area contributed by atoms with Crippen molar-refractivity contribution in [3.8, 4) is 0 Å². The van der Waals surface area contributed by atoms with Crippen LogP contribution in [0.1, 0.15) is 37.8 Å². The first-order chi connectivity index (χ1) is 19.5. The summed E-state index contributed by atoms with van der Waals surface area (Å²) in [6, 6.07) is 25.4. The number of benzene rings is 4. The monoisotopic (exact) mass is 644 g/mol. The highest BCUT2D eigenvalue weighted by Gasteiger charge is 2.67. The van der Waals surface area contributed by atoms with Gasteiger partial charge < -0.3 is 10.6 Å². The zero-order chi connectivity index (χ0) is 29.3. The first-order valence-corrected chi connectivity index (χ1v) is 14.3. The average molecular weight is 647 g/mol. The Balaban J connectivity index is 1.24. The molecule has 2 N–H and O–H groups in total. The lowest BCUT2D eigenvalue weighted by Gasteiger charge is -2.10. The molecule has 0 saturated heterocycles. The van der Waals surface area contributed by atoms with Gasteiger partial charge in [-0.25, -0.2) is 0 Å². The van der Waals surface area contributed by atoms with Gasteiger partial charge in [0.1, 0.15) is 4.33 Å². The SMILES string of the molecule is O=C(Nc1ccc(CC(=O)c2cc(NC(=O)C3C(c4cc(Cl)cc(Cl)c4)C3(Cl)Cl)ccc2Cl)cc1)c1ccccc1. The zero-order valence-electron chi connectivity index (χ0n) is 21.1. The molecule has 2 unspecified atom stereocenters. The van der Waals surface area contributed by atoms with Gasteiger partial charge in [-0.1, -0.05) is 65.1 Å². The van der Waals surface area contributed by atoms with Crippen molar-refractivity contribution in [3.05, 3.63) is 128 Å². The molecule has 4 aromatic rings. The smallest absolute Gasteiger partial charge is 0.255 e. The molecule has 2 amide bonds.